The number of unbranched alkanes of at least 4 members (excludes halogenated alkanes) is 1. The SMILES string of the molecule is CC(CCCCC(=O)O)OO. The highest BCUT2D eigenvalue weighted by Gasteiger charge is 2.01. The molecule has 2 N–H and O–H groups in total. The zero-order valence-corrected chi connectivity index (χ0v) is 6.62. The van der Waals surface area contributed by atoms with Gasteiger partial charge in [-0.3, -0.25) is 10.1 Å². The molecule has 66 valence electrons. The summed E-state index contributed by atoms with van der Waals surface area (Å²) in [6.45, 7) is 1.74. The minimum absolute atomic E-state index is 0.191. The Balaban J connectivity index is 3.08. The monoisotopic (exact) mass is 162 g/mol. The van der Waals surface area contributed by atoms with E-state index in [2.05, 4.69) is 4.89 Å². The van der Waals surface area contributed by atoms with Crippen molar-refractivity contribution >= 4 is 5.97 Å². The molecule has 4 heteroatoms. The summed E-state index contributed by atoms with van der Waals surface area (Å²) in [6, 6.07) is 0. The zero-order chi connectivity index (χ0) is 8.69. The molecule has 0 saturated carbocycles. The van der Waals surface area contributed by atoms with E-state index in [9.17, 15) is 4.79 Å². The maximum Gasteiger partial charge on any atom is 0.303 e. The van der Waals surface area contributed by atoms with Gasteiger partial charge in [0.2, 0.25) is 0 Å². The van der Waals surface area contributed by atoms with E-state index >= 15 is 0 Å². The third kappa shape index (κ3) is 7.29. The Labute approximate surface area is 65.7 Å². The van der Waals surface area contributed by atoms with Gasteiger partial charge in [0, 0.05) is 6.42 Å². The maximum absolute atomic E-state index is 10.0. The van der Waals surface area contributed by atoms with Gasteiger partial charge in [-0.25, -0.2) is 4.89 Å². The normalized spacial score (nSPS) is 12.9. The Morgan fingerprint density at radius 3 is 2.64 bits per heavy atom. The second-order valence-electron chi connectivity index (χ2n) is 2.56. The summed E-state index contributed by atoms with van der Waals surface area (Å²) in [7, 11) is 0. The molecular formula is C7H14O4. The van der Waals surface area contributed by atoms with Gasteiger partial charge < -0.3 is 5.11 Å². The molecule has 0 aromatic heterocycles. The Bertz CT molecular complexity index is 113. The highest BCUT2D eigenvalue weighted by molar-refractivity contribution is 5.66. The number of carbonyl (C=O) groups is 1. The number of rotatable bonds is 6. The van der Waals surface area contributed by atoms with Gasteiger partial charge in [-0.15, -0.1) is 0 Å². The third-order valence-electron chi connectivity index (χ3n) is 1.43. The smallest absolute Gasteiger partial charge is 0.303 e. The van der Waals surface area contributed by atoms with Gasteiger partial charge in [-0.1, -0.05) is 6.42 Å². The van der Waals surface area contributed by atoms with E-state index < -0.39 is 5.97 Å². The van der Waals surface area contributed by atoms with Crippen molar-refractivity contribution in [1.82, 2.24) is 0 Å². The highest BCUT2D eigenvalue weighted by Crippen LogP contribution is 2.04. The predicted molar refractivity (Wildman–Crippen MR) is 39.3 cm³/mol. The maximum atomic E-state index is 10.0. The van der Waals surface area contributed by atoms with Gasteiger partial charge in [0.1, 0.15) is 0 Å². The summed E-state index contributed by atoms with van der Waals surface area (Å²) in [4.78, 5) is 14.0. The van der Waals surface area contributed by atoms with Crippen molar-refractivity contribution < 1.29 is 20.0 Å². The van der Waals surface area contributed by atoms with Crippen LogP contribution in [0.4, 0.5) is 0 Å². The van der Waals surface area contributed by atoms with Crippen LogP contribution in [0.3, 0.4) is 0 Å². The summed E-state index contributed by atoms with van der Waals surface area (Å²) in [5, 5.41) is 16.4. The van der Waals surface area contributed by atoms with Crippen LogP contribution in [-0.4, -0.2) is 22.4 Å². The highest BCUT2D eigenvalue weighted by atomic mass is 17.1. The van der Waals surface area contributed by atoms with Gasteiger partial charge >= 0.3 is 5.97 Å². The van der Waals surface area contributed by atoms with Crippen LogP contribution in [-0.2, 0) is 9.68 Å². The molecule has 0 radical (unpaired) electrons. The Kier molecular flexibility index (Phi) is 5.78. The van der Waals surface area contributed by atoms with Crippen molar-refractivity contribution in [1.29, 1.82) is 0 Å². The summed E-state index contributed by atoms with van der Waals surface area (Å²) in [6.07, 6.45) is 2.11. The van der Waals surface area contributed by atoms with Crippen LogP contribution in [0.2, 0.25) is 0 Å². The summed E-state index contributed by atoms with van der Waals surface area (Å²) >= 11 is 0. The molecule has 0 heterocycles. The van der Waals surface area contributed by atoms with Crippen LogP contribution < -0.4 is 0 Å². The fourth-order valence-corrected chi connectivity index (χ4v) is 0.761. The first-order valence-corrected chi connectivity index (χ1v) is 3.69. The van der Waals surface area contributed by atoms with Crippen molar-refractivity contribution in [3.8, 4) is 0 Å². The topological polar surface area (TPSA) is 66.8 Å². The van der Waals surface area contributed by atoms with Crippen LogP contribution in [0, 0.1) is 0 Å². The van der Waals surface area contributed by atoms with Crippen molar-refractivity contribution in [3.05, 3.63) is 0 Å². The van der Waals surface area contributed by atoms with Crippen LogP contribution in [0.5, 0.6) is 0 Å². The number of hydrogen-bond acceptors (Lipinski definition) is 3. The lowest BCUT2D eigenvalue weighted by Crippen LogP contribution is -2.04. The van der Waals surface area contributed by atoms with E-state index in [1.54, 1.807) is 6.92 Å². The van der Waals surface area contributed by atoms with E-state index in [-0.39, 0.29) is 12.5 Å². The fourth-order valence-electron chi connectivity index (χ4n) is 0.761. The van der Waals surface area contributed by atoms with Gasteiger partial charge in [0.25, 0.3) is 0 Å². The van der Waals surface area contributed by atoms with E-state index in [1.165, 1.54) is 0 Å². The first kappa shape index (κ1) is 10.4. The fraction of sp³-hybridized carbons (Fsp3) is 0.857. The lowest BCUT2D eigenvalue weighted by atomic mass is 10.1. The summed E-state index contributed by atoms with van der Waals surface area (Å²) in [5.74, 6) is -0.775. The molecule has 0 rings (SSSR count). The molecule has 0 fully saturated rings. The zero-order valence-electron chi connectivity index (χ0n) is 6.62. The van der Waals surface area contributed by atoms with Crippen molar-refractivity contribution in [2.75, 3.05) is 0 Å². The van der Waals surface area contributed by atoms with Crippen LogP contribution in [0.1, 0.15) is 32.6 Å². The second kappa shape index (κ2) is 6.12. The molecule has 4 nitrogen and oxygen atoms in total. The van der Waals surface area contributed by atoms with E-state index in [0.717, 1.165) is 6.42 Å². The van der Waals surface area contributed by atoms with E-state index in [4.69, 9.17) is 10.4 Å². The molecule has 0 aromatic rings. The Hall–Kier alpha value is -0.610. The number of carboxylic acid groups (broad SMARTS) is 1. The lowest BCUT2D eigenvalue weighted by molar-refractivity contribution is -0.275. The van der Waals surface area contributed by atoms with Gasteiger partial charge in [-0.2, -0.15) is 0 Å². The molecule has 0 aromatic carbocycles. The molecule has 0 bridgehead atoms. The van der Waals surface area contributed by atoms with E-state index in [1.807, 2.05) is 0 Å². The van der Waals surface area contributed by atoms with Crippen LogP contribution in [0.25, 0.3) is 0 Å². The minimum atomic E-state index is -0.775. The van der Waals surface area contributed by atoms with Crippen molar-refractivity contribution in [2.24, 2.45) is 0 Å². The average Bonchev–Trinajstić information content (AvgIpc) is 1.97. The molecule has 0 aliphatic carbocycles. The number of hydrogen-bond donors (Lipinski definition) is 2. The largest absolute Gasteiger partial charge is 0.481 e. The van der Waals surface area contributed by atoms with Gasteiger partial charge in [-0.05, 0) is 19.8 Å². The molecule has 0 saturated heterocycles. The van der Waals surface area contributed by atoms with Gasteiger partial charge in [0.05, 0.1) is 6.10 Å². The summed E-state index contributed by atoms with van der Waals surface area (Å²) < 4.78 is 0. The quantitative estimate of drug-likeness (QED) is 0.353. The first-order chi connectivity index (χ1) is 5.16. The second-order valence-corrected chi connectivity index (χ2v) is 2.56. The van der Waals surface area contributed by atoms with Crippen molar-refractivity contribution in [2.45, 2.75) is 38.7 Å². The minimum Gasteiger partial charge on any atom is -0.481 e. The van der Waals surface area contributed by atoms with Crippen LogP contribution >= 0.6 is 0 Å². The molecule has 0 aliphatic heterocycles. The third-order valence-corrected chi connectivity index (χ3v) is 1.43. The molecule has 11 heavy (non-hydrogen) atoms. The predicted octanol–water partition coefficient (Wildman–Crippen LogP) is 1.51. The summed E-state index contributed by atoms with van der Waals surface area (Å²) in [5.41, 5.74) is 0. The molecule has 0 aliphatic rings. The number of aliphatic carboxylic acids is 1. The average molecular weight is 162 g/mol. The van der Waals surface area contributed by atoms with Crippen molar-refractivity contribution in [3.63, 3.8) is 0 Å². The molecule has 1 atom stereocenters. The lowest BCUT2D eigenvalue weighted by Gasteiger charge is -2.04. The first-order valence-electron chi connectivity index (χ1n) is 3.69. The molecular weight excluding hydrogens is 148 g/mol. The molecule has 0 amide bonds. The van der Waals surface area contributed by atoms with E-state index in [0.29, 0.717) is 12.8 Å². The Morgan fingerprint density at radius 1 is 1.55 bits per heavy atom. The van der Waals surface area contributed by atoms with Gasteiger partial charge in [0.15, 0.2) is 0 Å². The molecule has 0 spiro atoms. The number of carboxylic acids is 1. The molecule has 1 unspecified atom stereocenters. The standard InChI is InChI=1S/C7H14O4/c1-6(11-10)4-2-3-5-7(8)9/h6,10H,2-5H2,1H3,(H,8,9). The van der Waals surface area contributed by atoms with Crippen LogP contribution in [0.15, 0.2) is 0 Å². The Morgan fingerprint density at radius 2 is 2.18 bits per heavy atom.